The van der Waals surface area contributed by atoms with Crippen LogP contribution in [0, 0.1) is 0 Å². The number of ether oxygens (including phenoxy) is 3. The van der Waals surface area contributed by atoms with Gasteiger partial charge in [-0.25, -0.2) is 0 Å². The summed E-state index contributed by atoms with van der Waals surface area (Å²) in [4.78, 5) is 0. The van der Waals surface area contributed by atoms with E-state index in [0.29, 0.717) is 12.0 Å². The van der Waals surface area contributed by atoms with E-state index in [-0.39, 0.29) is 18.3 Å². The summed E-state index contributed by atoms with van der Waals surface area (Å²) in [5.41, 5.74) is 0.111. The first-order chi connectivity index (χ1) is 15.6. The quantitative estimate of drug-likeness (QED) is 0.157. The van der Waals surface area contributed by atoms with E-state index in [2.05, 4.69) is 6.92 Å². The van der Waals surface area contributed by atoms with Crippen LogP contribution in [0.15, 0.2) is 24.3 Å². The fraction of sp³-hybridized carbons (Fsp3) is 0.778. The highest BCUT2D eigenvalue weighted by Crippen LogP contribution is 2.30. The van der Waals surface area contributed by atoms with Crippen molar-refractivity contribution in [1.29, 1.82) is 0 Å². The summed E-state index contributed by atoms with van der Waals surface area (Å²) in [5.74, 6) is 0. The maximum Gasteiger partial charge on any atom is 0.416 e. The third kappa shape index (κ3) is 14.7. The summed E-state index contributed by atoms with van der Waals surface area (Å²) in [6, 6.07) is 5.60. The topological polar surface area (TPSA) is 27.7 Å². The summed E-state index contributed by atoms with van der Waals surface area (Å²) in [6.45, 7) is 9.26. The Kier molecular flexibility index (Phi) is 15.0. The monoisotopic (exact) mass is 474 g/mol. The number of hydrogen-bond acceptors (Lipinski definition) is 3. The Hall–Kier alpha value is -1.11. The van der Waals surface area contributed by atoms with E-state index in [9.17, 15) is 13.2 Å². The Morgan fingerprint density at radius 1 is 0.758 bits per heavy atom. The van der Waals surface area contributed by atoms with Crippen molar-refractivity contribution >= 4 is 0 Å². The second-order valence-corrected chi connectivity index (χ2v) is 9.42. The van der Waals surface area contributed by atoms with Crippen LogP contribution in [0.2, 0.25) is 0 Å². The van der Waals surface area contributed by atoms with Crippen molar-refractivity contribution in [3.8, 4) is 0 Å². The zero-order valence-electron chi connectivity index (χ0n) is 21.3. The molecule has 0 saturated heterocycles. The molecule has 0 amide bonds. The molecule has 0 spiro atoms. The van der Waals surface area contributed by atoms with Crippen LogP contribution in [-0.2, 0) is 26.8 Å². The minimum absolute atomic E-state index is 0.0296. The highest BCUT2D eigenvalue weighted by atomic mass is 19.4. The molecule has 1 aromatic carbocycles. The number of benzene rings is 1. The van der Waals surface area contributed by atoms with Gasteiger partial charge in [0.2, 0.25) is 0 Å². The molecule has 1 rings (SSSR count). The van der Waals surface area contributed by atoms with Gasteiger partial charge in [0.1, 0.15) is 0 Å². The average Bonchev–Trinajstić information content (AvgIpc) is 2.71. The molecule has 0 aliphatic carbocycles. The van der Waals surface area contributed by atoms with Crippen molar-refractivity contribution in [3.05, 3.63) is 35.4 Å². The zero-order valence-corrected chi connectivity index (χ0v) is 21.3. The lowest BCUT2D eigenvalue weighted by atomic mass is 10.0. The van der Waals surface area contributed by atoms with Crippen molar-refractivity contribution in [2.45, 2.75) is 136 Å². The molecule has 3 nitrogen and oxygen atoms in total. The average molecular weight is 475 g/mol. The third-order valence-electron chi connectivity index (χ3n) is 5.45. The van der Waals surface area contributed by atoms with Gasteiger partial charge in [-0.05, 0) is 65.0 Å². The minimum atomic E-state index is -4.31. The highest BCUT2D eigenvalue weighted by Gasteiger charge is 2.30. The van der Waals surface area contributed by atoms with Gasteiger partial charge in [-0.1, -0.05) is 70.1 Å². The Bertz CT molecular complexity index is 607. The van der Waals surface area contributed by atoms with Crippen LogP contribution in [0.3, 0.4) is 0 Å². The van der Waals surface area contributed by atoms with Gasteiger partial charge in [0, 0.05) is 0 Å². The molecular weight excluding hydrogens is 429 g/mol. The van der Waals surface area contributed by atoms with Crippen LogP contribution in [0.25, 0.3) is 0 Å². The van der Waals surface area contributed by atoms with E-state index in [4.69, 9.17) is 14.2 Å². The molecule has 0 fully saturated rings. The molecule has 1 aromatic rings. The molecule has 192 valence electrons. The molecule has 0 radical (unpaired) electrons. The maximum absolute atomic E-state index is 13.0. The summed E-state index contributed by atoms with van der Waals surface area (Å²) >= 11 is 0. The lowest BCUT2D eigenvalue weighted by Gasteiger charge is -2.28. The predicted octanol–water partition coefficient (Wildman–Crippen LogP) is 8.69. The van der Waals surface area contributed by atoms with Gasteiger partial charge in [0.05, 0.1) is 23.9 Å². The smallest absolute Gasteiger partial charge is 0.327 e. The third-order valence-corrected chi connectivity index (χ3v) is 5.45. The fourth-order valence-corrected chi connectivity index (χ4v) is 3.74. The normalized spacial score (nSPS) is 13.4. The predicted molar refractivity (Wildman–Crippen MR) is 128 cm³/mol. The molecule has 33 heavy (non-hydrogen) atoms. The zero-order chi connectivity index (χ0) is 24.7. The lowest BCUT2D eigenvalue weighted by molar-refractivity contribution is -0.327. The fourth-order valence-electron chi connectivity index (χ4n) is 3.74. The van der Waals surface area contributed by atoms with Gasteiger partial charge < -0.3 is 14.2 Å². The molecule has 0 saturated carbocycles. The second kappa shape index (κ2) is 16.5. The highest BCUT2D eigenvalue weighted by molar-refractivity contribution is 5.25. The van der Waals surface area contributed by atoms with Crippen molar-refractivity contribution in [2.75, 3.05) is 0 Å². The van der Waals surface area contributed by atoms with Crippen molar-refractivity contribution in [3.63, 3.8) is 0 Å². The van der Waals surface area contributed by atoms with Gasteiger partial charge in [-0.2, -0.15) is 13.2 Å². The molecule has 0 bridgehead atoms. The van der Waals surface area contributed by atoms with Crippen molar-refractivity contribution < 1.29 is 27.4 Å². The first kappa shape index (κ1) is 29.9. The minimum Gasteiger partial charge on any atom is -0.327 e. The first-order valence-electron chi connectivity index (χ1n) is 12.7. The standard InChI is InChI=1S/C27H45F3O3/c1-6-7-8-9-10-11-12-18-25(33-26(31-21(2)3)32-22(4)5)19-14-16-23-15-13-17-24(20-23)27(28,29)30/h13,15,17,20-22,25-26H,6-12,14,16,18-19H2,1-5H3. The molecule has 6 heteroatoms. The molecule has 0 N–H and O–H groups in total. The van der Waals surface area contributed by atoms with E-state index in [1.807, 2.05) is 27.7 Å². The molecule has 1 atom stereocenters. The van der Waals surface area contributed by atoms with Crippen LogP contribution < -0.4 is 0 Å². The number of aryl methyl sites for hydroxylation is 1. The molecule has 0 aliphatic heterocycles. The Labute approximate surface area is 199 Å². The summed E-state index contributed by atoms with van der Waals surface area (Å²) in [7, 11) is 0. The van der Waals surface area contributed by atoms with Gasteiger partial charge >= 0.3 is 6.18 Å². The molecular formula is C27H45F3O3. The largest absolute Gasteiger partial charge is 0.416 e. The molecule has 1 unspecified atom stereocenters. The second-order valence-electron chi connectivity index (χ2n) is 9.42. The SMILES string of the molecule is CCCCCCCCCC(CCCc1cccc(C(F)(F)F)c1)OC(OC(C)C)OC(C)C. The van der Waals surface area contributed by atoms with E-state index in [1.54, 1.807) is 6.07 Å². The lowest BCUT2D eigenvalue weighted by Crippen LogP contribution is -2.31. The van der Waals surface area contributed by atoms with Crippen LogP contribution in [0.5, 0.6) is 0 Å². The van der Waals surface area contributed by atoms with Crippen LogP contribution >= 0.6 is 0 Å². The van der Waals surface area contributed by atoms with E-state index in [0.717, 1.165) is 38.2 Å². The van der Waals surface area contributed by atoms with Gasteiger partial charge in [0.15, 0.2) is 0 Å². The Balaban J connectivity index is 2.64. The summed E-state index contributed by atoms with van der Waals surface area (Å²) in [6.07, 6.45) is 7.13. The van der Waals surface area contributed by atoms with Gasteiger partial charge in [-0.15, -0.1) is 0 Å². The van der Waals surface area contributed by atoms with E-state index in [1.165, 1.54) is 44.2 Å². The van der Waals surface area contributed by atoms with Crippen molar-refractivity contribution in [1.82, 2.24) is 0 Å². The number of halogens is 3. The van der Waals surface area contributed by atoms with E-state index >= 15 is 0 Å². The van der Waals surface area contributed by atoms with Gasteiger partial charge in [0.25, 0.3) is 6.48 Å². The Morgan fingerprint density at radius 2 is 1.33 bits per heavy atom. The molecule has 0 aromatic heterocycles. The number of hydrogen-bond donors (Lipinski definition) is 0. The summed E-state index contributed by atoms with van der Waals surface area (Å²) in [5, 5.41) is 0. The van der Waals surface area contributed by atoms with Crippen LogP contribution in [-0.4, -0.2) is 24.8 Å². The first-order valence-corrected chi connectivity index (χ1v) is 12.7. The van der Waals surface area contributed by atoms with E-state index < -0.39 is 18.2 Å². The molecule has 0 aliphatic rings. The number of rotatable bonds is 18. The molecule has 0 heterocycles. The number of alkyl halides is 3. The Morgan fingerprint density at radius 3 is 1.91 bits per heavy atom. The van der Waals surface area contributed by atoms with Crippen LogP contribution in [0.4, 0.5) is 13.2 Å². The van der Waals surface area contributed by atoms with Gasteiger partial charge in [-0.3, -0.25) is 0 Å². The van der Waals surface area contributed by atoms with Crippen molar-refractivity contribution in [2.24, 2.45) is 0 Å². The summed E-state index contributed by atoms with van der Waals surface area (Å²) < 4.78 is 56.8. The van der Waals surface area contributed by atoms with Crippen LogP contribution in [0.1, 0.15) is 110 Å². The number of unbranched alkanes of at least 4 members (excludes halogenated alkanes) is 6. The maximum atomic E-state index is 13.0.